The summed E-state index contributed by atoms with van der Waals surface area (Å²) in [6.07, 6.45) is 1.85. The van der Waals surface area contributed by atoms with Crippen molar-refractivity contribution >= 4 is 16.8 Å². The topological polar surface area (TPSA) is 97.3 Å². The number of methoxy groups -OCH3 is 1. The quantitative estimate of drug-likeness (QED) is 0.685. The van der Waals surface area contributed by atoms with Gasteiger partial charge < -0.3 is 9.64 Å². The maximum atomic E-state index is 12.6. The number of rotatable bonds is 6. The predicted octanol–water partition coefficient (Wildman–Crippen LogP) is 1.76. The molecule has 8 nitrogen and oxygen atoms in total. The van der Waals surface area contributed by atoms with Crippen LogP contribution in [0.4, 0.5) is 0 Å². The molecule has 152 valence electrons. The minimum absolute atomic E-state index is 0.120. The molecule has 2 heterocycles. The Morgan fingerprint density at radius 2 is 1.97 bits per heavy atom. The number of aromatic nitrogens is 3. The highest BCUT2D eigenvalue weighted by molar-refractivity contribution is 5.78. The van der Waals surface area contributed by atoms with Gasteiger partial charge >= 0.3 is 5.69 Å². The molecular formula is C21H24N4O4. The van der Waals surface area contributed by atoms with E-state index in [2.05, 4.69) is 9.97 Å². The second-order valence-corrected chi connectivity index (χ2v) is 6.97. The minimum atomic E-state index is -0.523. The molecule has 8 heteroatoms. The fourth-order valence-corrected chi connectivity index (χ4v) is 3.41. The predicted molar refractivity (Wildman–Crippen MR) is 110 cm³/mol. The Hall–Kier alpha value is -3.42. The van der Waals surface area contributed by atoms with Crippen LogP contribution in [0, 0.1) is 13.8 Å². The molecule has 0 fully saturated rings. The Labute approximate surface area is 167 Å². The highest BCUT2D eigenvalue weighted by Gasteiger charge is 2.16. The maximum Gasteiger partial charge on any atom is 0.328 e. The summed E-state index contributed by atoms with van der Waals surface area (Å²) in [6, 6.07) is 6.84. The number of benzene rings is 1. The minimum Gasteiger partial charge on any atom is -0.496 e. The van der Waals surface area contributed by atoms with Crippen molar-refractivity contribution in [1.82, 2.24) is 19.4 Å². The molecule has 1 amide bonds. The summed E-state index contributed by atoms with van der Waals surface area (Å²) in [4.78, 5) is 45.1. The molecule has 3 aromatic rings. The number of carbonyl (C=O) groups is 1. The van der Waals surface area contributed by atoms with Crippen LogP contribution in [-0.2, 0) is 17.9 Å². The van der Waals surface area contributed by atoms with E-state index in [0.717, 1.165) is 22.6 Å². The average Bonchev–Trinajstić information content (AvgIpc) is 2.70. The number of pyridine rings is 1. The van der Waals surface area contributed by atoms with Crippen LogP contribution in [0.5, 0.6) is 5.75 Å². The fraction of sp³-hybridized carbons (Fsp3) is 0.333. The SMILES string of the molecule is COc1c(C)cnc(CN(C)C(=O)CCn2c(=O)[nH]c(=O)c3ccccc32)c1C. The second-order valence-electron chi connectivity index (χ2n) is 6.97. The van der Waals surface area contributed by atoms with E-state index >= 15 is 0 Å². The number of hydrogen-bond acceptors (Lipinski definition) is 5. The number of nitrogens with zero attached hydrogens (tertiary/aromatic N) is 3. The largest absolute Gasteiger partial charge is 0.496 e. The van der Waals surface area contributed by atoms with Crippen molar-refractivity contribution in [3.8, 4) is 5.75 Å². The molecule has 0 radical (unpaired) electrons. The highest BCUT2D eigenvalue weighted by Crippen LogP contribution is 2.24. The van der Waals surface area contributed by atoms with E-state index in [1.807, 2.05) is 13.8 Å². The van der Waals surface area contributed by atoms with Crippen molar-refractivity contribution in [3.05, 3.63) is 68.1 Å². The van der Waals surface area contributed by atoms with Crippen molar-refractivity contribution in [2.45, 2.75) is 33.4 Å². The van der Waals surface area contributed by atoms with Gasteiger partial charge in [0.2, 0.25) is 5.91 Å². The number of hydrogen-bond donors (Lipinski definition) is 1. The van der Waals surface area contributed by atoms with Crippen molar-refractivity contribution in [1.29, 1.82) is 0 Å². The summed E-state index contributed by atoms with van der Waals surface area (Å²) in [5.41, 5.74) is 2.15. The van der Waals surface area contributed by atoms with Gasteiger partial charge in [-0.3, -0.25) is 24.1 Å². The van der Waals surface area contributed by atoms with Gasteiger partial charge in [0.1, 0.15) is 5.75 Å². The standard InChI is InChI=1S/C21H24N4O4/c1-13-11-22-16(14(2)19(13)29-4)12-24(3)18(26)9-10-25-17-8-6-5-7-15(17)20(27)23-21(25)28/h5-8,11H,9-10,12H2,1-4H3,(H,23,27,28). The Bertz CT molecular complexity index is 1180. The van der Waals surface area contributed by atoms with Gasteiger partial charge in [0, 0.05) is 37.3 Å². The lowest BCUT2D eigenvalue weighted by molar-refractivity contribution is -0.130. The first kappa shape index (κ1) is 20.3. The molecule has 0 saturated heterocycles. The lowest BCUT2D eigenvalue weighted by atomic mass is 10.1. The van der Waals surface area contributed by atoms with Crippen molar-refractivity contribution in [3.63, 3.8) is 0 Å². The van der Waals surface area contributed by atoms with Crippen LogP contribution in [0.25, 0.3) is 10.9 Å². The Balaban J connectivity index is 1.76. The van der Waals surface area contributed by atoms with Gasteiger partial charge in [-0.2, -0.15) is 0 Å². The van der Waals surface area contributed by atoms with Crippen LogP contribution in [0.15, 0.2) is 40.1 Å². The normalized spacial score (nSPS) is 10.9. The monoisotopic (exact) mass is 396 g/mol. The average molecular weight is 396 g/mol. The van der Waals surface area contributed by atoms with E-state index in [1.165, 1.54) is 4.57 Å². The number of carbonyl (C=O) groups excluding carboxylic acids is 1. The Kier molecular flexibility index (Phi) is 5.81. The molecule has 3 rings (SSSR count). The molecular weight excluding hydrogens is 372 g/mol. The first-order valence-corrected chi connectivity index (χ1v) is 9.28. The molecule has 0 bridgehead atoms. The molecule has 0 aliphatic carbocycles. The molecule has 2 aromatic heterocycles. The third kappa shape index (κ3) is 4.06. The highest BCUT2D eigenvalue weighted by atomic mass is 16.5. The summed E-state index contributed by atoms with van der Waals surface area (Å²) >= 11 is 0. The number of amides is 1. The van der Waals surface area contributed by atoms with Crippen LogP contribution in [0.1, 0.15) is 23.2 Å². The molecule has 0 saturated carbocycles. The summed E-state index contributed by atoms with van der Waals surface area (Å²) in [5.74, 6) is 0.634. The molecule has 29 heavy (non-hydrogen) atoms. The Morgan fingerprint density at radius 1 is 1.24 bits per heavy atom. The maximum absolute atomic E-state index is 12.6. The van der Waals surface area contributed by atoms with Gasteiger partial charge in [-0.1, -0.05) is 12.1 Å². The number of aryl methyl sites for hydroxylation is 2. The van der Waals surface area contributed by atoms with Crippen LogP contribution >= 0.6 is 0 Å². The molecule has 0 aliphatic rings. The number of nitrogens with one attached hydrogen (secondary N) is 1. The number of H-pyrrole nitrogens is 1. The fourth-order valence-electron chi connectivity index (χ4n) is 3.41. The number of aromatic amines is 1. The van der Waals surface area contributed by atoms with E-state index in [1.54, 1.807) is 49.5 Å². The number of fused-ring (bicyclic) bond motifs is 1. The molecule has 0 spiro atoms. The van der Waals surface area contributed by atoms with Crippen LogP contribution in [0.3, 0.4) is 0 Å². The lowest BCUT2D eigenvalue weighted by Crippen LogP contribution is -2.33. The zero-order chi connectivity index (χ0) is 21.1. The smallest absolute Gasteiger partial charge is 0.328 e. The van der Waals surface area contributed by atoms with Gasteiger partial charge in [0.15, 0.2) is 0 Å². The molecule has 1 aromatic carbocycles. The molecule has 1 N–H and O–H groups in total. The molecule has 0 atom stereocenters. The van der Waals surface area contributed by atoms with Crippen molar-refractivity contribution in [2.75, 3.05) is 14.2 Å². The van der Waals surface area contributed by atoms with Crippen LogP contribution in [0.2, 0.25) is 0 Å². The summed E-state index contributed by atoms with van der Waals surface area (Å²) in [6.45, 7) is 4.34. The number of para-hydroxylation sites is 1. The third-order valence-electron chi connectivity index (χ3n) is 5.02. The lowest BCUT2D eigenvalue weighted by Gasteiger charge is -2.20. The van der Waals surface area contributed by atoms with Crippen molar-refractivity contribution < 1.29 is 9.53 Å². The van der Waals surface area contributed by atoms with Crippen LogP contribution < -0.4 is 16.0 Å². The summed E-state index contributed by atoms with van der Waals surface area (Å²) < 4.78 is 6.83. The van der Waals surface area contributed by atoms with Gasteiger partial charge in [-0.05, 0) is 26.0 Å². The third-order valence-corrected chi connectivity index (χ3v) is 5.02. The second kappa shape index (κ2) is 8.30. The molecule has 0 aliphatic heterocycles. The van der Waals surface area contributed by atoms with E-state index in [9.17, 15) is 14.4 Å². The summed E-state index contributed by atoms with van der Waals surface area (Å²) in [5, 5.41) is 0.416. The molecule has 0 unspecified atom stereocenters. The number of ether oxygens (including phenoxy) is 1. The van der Waals surface area contributed by atoms with Crippen molar-refractivity contribution in [2.24, 2.45) is 0 Å². The van der Waals surface area contributed by atoms with Gasteiger partial charge in [0.25, 0.3) is 5.56 Å². The summed E-state index contributed by atoms with van der Waals surface area (Å²) in [7, 11) is 3.31. The van der Waals surface area contributed by atoms with Gasteiger partial charge in [-0.15, -0.1) is 0 Å². The van der Waals surface area contributed by atoms with E-state index < -0.39 is 11.2 Å². The zero-order valence-electron chi connectivity index (χ0n) is 17.0. The van der Waals surface area contributed by atoms with Crippen LogP contribution in [-0.4, -0.2) is 39.5 Å². The van der Waals surface area contributed by atoms with E-state index in [0.29, 0.717) is 17.4 Å². The van der Waals surface area contributed by atoms with Gasteiger partial charge in [-0.25, -0.2) is 4.79 Å². The van der Waals surface area contributed by atoms with E-state index in [4.69, 9.17) is 4.74 Å². The van der Waals surface area contributed by atoms with E-state index in [-0.39, 0.29) is 18.9 Å². The van der Waals surface area contributed by atoms with Gasteiger partial charge in [0.05, 0.1) is 30.3 Å². The Morgan fingerprint density at radius 3 is 2.69 bits per heavy atom. The zero-order valence-corrected chi connectivity index (χ0v) is 17.0. The first-order valence-electron chi connectivity index (χ1n) is 9.28. The first-order chi connectivity index (χ1) is 13.8.